The molecular weight excluding hydrogens is 443 g/mol. The highest BCUT2D eigenvalue weighted by Gasteiger charge is 2.31. The van der Waals surface area contributed by atoms with Crippen LogP contribution < -0.4 is 14.8 Å². The average Bonchev–Trinajstić information content (AvgIpc) is 2.71. The molecule has 0 saturated carbocycles. The lowest BCUT2D eigenvalue weighted by Gasteiger charge is -2.21. The van der Waals surface area contributed by atoms with Gasteiger partial charge in [-0.2, -0.15) is 0 Å². The molecule has 0 radical (unpaired) electrons. The summed E-state index contributed by atoms with van der Waals surface area (Å²) >= 11 is 3.41. The van der Waals surface area contributed by atoms with Crippen LogP contribution in [0.4, 0.5) is 0 Å². The lowest BCUT2D eigenvalue weighted by atomic mass is 10.2. The number of hydrogen-bond acceptors (Lipinski definition) is 5. The zero-order valence-corrected chi connectivity index (χ0v) is 18.9. The average molecular weight is 471 g/mol. The third-order valence-corrected chi connectivity index (χ3v) is 6.55. The molecule has 0 amide bonds. The summed E-state index contributed by atoms with van der Waals surface area (Å²) < 4.78 is 36.2. The first kappa shape index (κ1) is 23.0. The molecule has 2 aromatic carbocycles. The minimum Gasteiger partial charge on any atom is -0.493 e. The summed E-state index contributed by atoms with van der Waals surface area (Å²) in [6.07, 6.45) is 1.90. The fourth-order valence-corrected chi connectivity index (χ4v) is 4.68. The van der Waals surface area contributed by atoms with Crippen LogP contribution in [0, 0.1) is 0 Å². The Kier molecular flexibility index (Phi) is 10.1. The molecule has 2 rings (SSSR count). The van der Waals surface area contributed by atoms with Gasteiger partial charge >= 0.3 is 7.60 Å². The maximum Gasteiger partial charge on any atom is 0.365 e. The van der Waals surface area contributed by atoms with E-state index in [1.54, 1.807) is 26.0 Å². The first-order chi connectivity index (χ1) is 13.6. The second-order valence-corrected chi connectivity index (χ2v) is 8.77. The van der Waals surface area contributed by atoms with Gasteiger partial charge in [0.05, 0.1) is 19.8 Å². The molecule has 0 unspecified atom stereocenters. The smallest absolute Gasteiger partial charge is 0.365 e. The summed E-state index contributed by atoms with van der Waals surface area (Å²) in [5.74, 6) is 1.10. The third kappa shape index (κ3) is 6.93. The molecule has 2 aromatic rings. The Bertz CT molecular complexity index is 744. The number of unbranched alkanes of at least 4 members (excludes halogenated alkanes) is 1. The number of hydrogen-bond donors (Lipinski definition) is 0. The van der Waals surface area contributed by atoms with E-state index in [4.69, 9.17) is 18.5 Å². The molecule has 0 heterocycles. The molecule has 0 spiro atoms. The van der Waals surface area contributed by atoms with Crippen LogP contribution in [0.3, 0.4) is 0 Å². The number of rotatable bonds is 13. The lowest BCUT2D eigenvalue weighted by Crippen LogP contribution is -2.16. The fourth-order valence-electron chi connectivity index (χ4n) is 2.56. The number of benzene rings is 2. The summed E-state index contributed by atoms with van der Waals surface area (Å²) in [5, 5.41) is 1.33. The third-order valence-electron chi connectivity index (χ3n) is 3.86. The first-order valence-corrected chi connectivity index (χ1v) is 12.2. The van der Waals surface area contributed by atoms with E-state index in [1.807, 2.05) is 36.4 Å². The SMILES string of the molecule is CCOP(=O)(OCC)c1cc(OCc2ccccc2)ccc1OCCCCBr. The zero-order valence-electron chi connectivity index (χ0n) is 16.4. The van der Waals surface area contributed by atoms with Crippen molar-refractivity contribution in [3.8, 4) is 11.5 Å². The first-order valence-electron chi connectivity index (χ1n) is 9.52. The van der Waals surface area contributed by atoms with E-state index in [9.17, 15) is 4.57 Å². The zero-order chi connectivity index (χ0) is 20.2. The molecule has 0 aliphatic heterocycles. The number of ether oxygens (including phenoxy) is 2. The molecule has 28 heavy (non-hydrogen) atoms. The molecule has 0 aliphatic carbocycles. The quantitative estimate of drug-likeness (QED) is 0.213. The molecule has 0 aromatic heterocycles. The van der Waals surface area contributed by atoms with E-state index >= 15 is 0 Å². The lowest BCUT2D eigenvalue weighted by molar-refractivity contribution is 0.228. The van der Waals surface area contributed by atoms with E-state index < -0.39 is 7.60 Å². The van der Waals surface area contributed by atoms with Crippen LogP contribution in [0.15, 0.2) is 48.5 Å². The van der Waals surface area contributed by atoms with E-state index in [-0.39, 0.29) is 13.2 Å². The van der Waals surface area contributed by atoms with Crippen molar-refractivity contribution in [3.05, 3.63) is 54.1 Å². The van der Waals surface area contributed by atoms with Crippen molar-refractivity contribution >= 4 is 28.8 Å². The van der Waals surface area contributed by atoms with Crippen LogP contribution in [0.25, 0.3) is 0 Å². The van der Waals surface area contributed by atoms with E-state index in [2.05, 4.69) is 15.9 Å². The second-order valence-electron chi connectivity index (χ2n) is 5.98. The molecule has 0 fully saturated rings. The number of alkyl halides is 1. The molecule has 0 bridgehead atoms. The fraction of sp³-hybridized carbons (Fsp3) is 0.429. The highest BCUT2D eigenvalue weighted by atomic mass is 79.9. The van der Waals surface area contributed by atoms with E-state index in [0.29, 0.717) is 30.0 Å². The van der Waals surface area contributed by atoms with E-state index in [0.717, 1.165) is 23.7 Å². The van der Waals surface area contributed by atoms with E-state index in [1.165, 1.54) is 0 Å². The molecule has 0 saturated heterocycles. The van der Waals surface area contributed by atoms with Gasteiger partial charge in [0, 0.05) is 5.33 Å². The van der Waals surface area contributed by atoms with Gasteiger partial charge in [0.2, 0.25) is 0 Å². The Hall–Kier alpha value is -1.33. The highest BCUT2D eigenvalue weighted by Crippen LogP contribution is 2.50. The van der Waals surface area contributed by atoms with Gasteiger partial charge in [0.1, 0.15) is 23.4 Å². The molecule has 154 valence electrons. The minimum absolute atomic E-state index is 0.273. The summed E-state index contributed by atoms with van der Waals surface area (Å²) in [5.41, 5.74) is 1.05. The summed E-state index contributed by atoms with van der Waals surface area (Å²) in [4.78, 5) is 0. The Morgan fingerprint density at radius 1 is 0.929 bits per heavy atom. The molecule has 0 N–H and O–H groups in total. The Morgan fingerprint density at radius 2 is 1.64 bits per heavy atom. The largest absolute Gasteiger partial charge is 0.493 e. The van der Waals surface area contributed by atoms with Gasteiger partial charge in [-0.25, -0.2) is 0 Å². The van der Waals surface area contributed by atoms with Crippen molar-refractivity contribution < 1.29 is 23.1 Å². The maximum atomic E-state index is 13.4. The molecule has 7 heteroatoms. The maximum absolute atomic E-state index is 13.4. The normalized spacial score (nSPS) is 11.4. The van der Waals surface area contributed by atoms with Crippen molar-refractivity contribution in [2.45, 2.75) is 33.3 Å². The van der Waals surface area contributed by atoms with Gasteiger partial charge in [-0.15, -0.1) is 0 Å². The minimum atomic E-state index is -3.50. The van der Waals surface area contributed by atoms with Gasteiger partial charge < -0.3 is 18.5 Å². The molecule has 5 nitrogen and oxygen atoms in total. The molecule has 0 aliphatic rings. The highest BCUT2D eigenvalue weighted by molar-refractivity contribution is 9.09. The van der Waals surface area contributed by atoms with Gasteiger partial charge in [-0.1, -0.05) is 46.3 Å². The standard InChI is InChI=1S/C21H28BrO5P/c1-3-26-28(23,27-4-2)21-16-19(25-17-18-10-6-5-7-11-18)12-13-20(21)24-15-9-8-14-22/h5-7,10-13,16H,3-4,8-9,14-15,17H2,1-2H3. The topological polar surface area (TPSA) is 54.0 Å². The number of halogens is 1. The van der Waals surface area contributed by atoms with Crippen LogP contribution in [0.1, 0.15) is 32.3 Å². The Morgan fingerprint density at radius 3 is 2.29 bits per heavy atom. The predicted octanol–water partition coefficient (Wildman–Crippen LogP) is 5.71. The van der Waals surface area contributed by atoms with Gasteiger partial charge in [0.25, 0.3) is 0 Å². The van der Waals surface area contributed by atoms with Crippen molar-refractivity contribution in [1.82, 2.24) is 0 Å². The van der Waals surface area contributed by atoms with Gasteiger partial charge in [-0.3, -0.25) is 4.57 Å². The van der Waals surface area contributed by atoms with Crippen LogP contribution in [0.5, 0.6) is 11.5 Å². The Labute approximate surface area is 176 Å². The summed E-state index contributed by atoms with van der Waals surface area (Å²) in [6, 6.07) is 15.2. The van der Waals surface area contributed by atoms with Gasteiger partial charge in [-0.05, 0) is 50.5 Å². The van der Waals surface area contributed by atoms with Crippen molar-refractivity contribution in [2.24, 2.45) is 0 Å². The van der Waals surface area contributed by atoms with Gasteiger partial charge in [0.15, 0.2) is 0 Å². The molecular formula is C21H28BrO5P. The Balaban J connectivity index is 2.25. The van der Waals surface area contributed by atoms with Crippen LogP contribution in [-0.4, -0.2) is 25.2 Å². The van der Waals surface area contributed by atoms with Crippen molar-refractivity contribution in [2.75, 3.05) is 25.2 Å². The molecule has 0 atom stereocenters. The van der Waals surface area contributed by atoms with Crippen LogP contribution in [-0.2, 0) is 20.2 Å². The van der Waals surface area contributed by atoms with Crippen LogP contribution >= 0.6 is 23.5 Å². The van der Waals surface area contributed by atoms with Crippen molar-refractivity contribution in [1.29, 1.82) is 0 Å². The van der Waals surface area contributed by atoms with Crippen LogP contribution in [0.2, 0.25) is 0 Å². The predicted molar refractivity (Wildman–Crippen MR) is 116 cm³/mol. The summed E-state index contributed by atoms with van der Waals surface area (Å²) in [7, 11) is -3.50. The second kappa shape index (κ2) is 12.3. The van der Waals surface area contributed by atoms with Crippen molar-refractivity contribution in [3.63, 3.8) is 0 Å². The summed E-state index contributed by atoms with van der Waals surface area (Å²) in [6.45, 7) is 5.07. The monoisotopic (exact) mass is 470 g/mol.